The summed E-state index contributed by atoms with van der Waals surface area (Å²) in [5.74, 6) is 0. The van der Waals surface area contributed by atoms with E-state index < -0.39 is 0 Å². The van der Waals surface area contributed by atoms with Gasteiger partial charge in [-0.25, -0.2) is 0 Å². The minimum Gasteiger partial charge on any atom is -0.306 e. The minimum atomic E-state index is 0.107. The highest BCUT2D eigenvalue weighted by Gasteiger charge is 2.11. The molecular formula is C14H19N3S. The van der Waals surface area contributed by atoms with Gasteiger partial charge in [0.15, 0.2) is 0 Å². The lowest BCUT2D eigenvalue weighted by Gasteiger charge is -2.19. The number of aromatic nitrogens is 2. The first kappa shape index (κ1) is 13.2. The Morgan fingerprint density at radius 2 is 1.78 bits per heavy atom. The lowest BCUT2D eigenvalue weighted by Crippen LogP contribution is -2.35. The molecule has 3 nitrogen and oxygen atoms in total. The summed E-state index contributed by atoms with van der Waals surface area (Å²) in [6.07, 6.45) is 0. The van der Waals surface area contributed by atoms with Crippen molar-refractivity contribution in [3.8, 4) is 10.6 Å². The first-order valence-electron chi connectivity index (χ1n) is 6.08. The molecule has 2 rings (SSSR count). The van der Waals surface area contributed by atoms with Crippen molar-refractivity contribution in [2.75, 3.05) is 0 Å². The highest BCUT2D eigenvalue weighted by atomic mass is 32.1. The fourth-order valence-electron chi connectivity index (χ4n) is 1.48. The summed E-state index contributed by atoms with van der Waals surface area (Å²) < 4.78 is 0. The van der Waals surface area contributed by atoms with Crippen LogP contribution in [-0.2, 0) is 6.54 Å². The lowest BCUT2D eigenvalue weighted by molar-refractivity contribution is 0.423. The van der Waals surface area contributed by atoms with Gasteiger partial charge in [-0.05, 0) is 27.7 Å². The Morgan fingerprint density at radius 1 is 1.11 bits per heavy atom. The lowest BCUT2D eigenvalue weighted by atomic mass is 10.1. The molecule has 1 heterocycles. The first-order valence-corrected chi connectivity index (χ1v) is 6.90. The molecule has 1 aromatic heterocycles. The van der Waals surface area contributed by atoms with Crippen LogP contribution in [0.1, 0.15) is 31.3 Å². The Bertz CT molecular complexity index is 509. The van der Waals surface area contributed by atoms with Crippen LogP contribution in [0.3, 0.4) is 0 Å². The van der Waals surface area contributed by atoms with Crippen LogP contribution in [0.25, 0.3) is 10.6 Å². The SMILES string of the molecule is Cc1ccc(-c2nnc(CNC(C)(C)C)s2)cc1. The second kappa shape index (κ2) is 5.16. The third-order valence-electron chi connectivity index (χ3n) is 2.54. The zero-order valence-corrected chi connectivity index (χ0v) is 12.1. The number of benzene rings is 1. The summed E-state index contributed by atoms with van der Waals surface area (Å²) in [4.78, 5) is 0. The molecule has 0 aliphatic heterocycles. The summed E-state index contributed by atoms with van der Waals surface area (Å²) in [6.45, 7) is 9.30. The zero-order chi connectivity index (χ0) is 13.2. The van der Waals surface area contributed by atoms with Gasteiger partial charge in [0.05, 0.1) is 6.54 Å². The van der Waals surface area contributed by atoms with Gasteiger partial charge in [-0.2, -0.15) is 0 Å². The van der Waals surface area contributed by atoms with Gasteiger partial charge in [-0.15, -0.1) is 10.2 Å². The van der Waals surface area contributed by atoms with Crippen LogP contribution in [0, 0.1) is 6.92 Å². The number of hydrogen-bond acceptors (Lipinski definition) is 4. The molecular weight excluding hydrogens is 242 g/mol. The maximum Gasteiger partial charge on any atom is 0.147 e. The molecule has 0 amide bonds. The standard InChI is InChI=1S/C14H19N3S/c1-10-5-7-11(8-6-10)13-17-16-12(18-13)9-15-14(2,3)4/h5-8,15H,9H2,1-4H3. The number of aryl methyl sites for hydroxylation is 1. The van der Waals surface area contributed by atoms with Gasteiger partial charge in [0.25, 0.3) is 0 Å². The Hall–Kier alpha value is -1.26. The average molecular weight is 261 g/mol. The molecule has 96 valence electrons. The molecule has 0 saturated carbocycles. The van der Waals surface area contributed by atoms with Gasteiger partial charge in [-0.1, -0.05) is 41.2 Å². The highest BCUT2D eigenvalue weighted by molar-refractivity contribution is 7.14. The van der Waals surface area contributed by atoms with E-state index in [9.17, 15) is 0 Å². The number of nitrogens with one attached hydrogen (secondary N) is 1. The number of hydrogen-bond donors (Lipinski definition) is 1. The third kappa shape index (κ3) is 3.62. The number of rotatable bonds is 3. The van der Waals surface area contributed by atoms with E-state index in [2.05, 4.69) is 67.5 Å². The largest absolute Gasteiger partial charge is 0.306 e. The van der Waals surface area contributed by atoms with E-state index in [1.807, 2.05) is 0 Å². The zero-order valence-electron chi connectivity index (χ0n) is 11.3. The van der Waals surface area contributed by atoms with Crippen molar-refractivity contribution in [3.63, 3.8) is 0 Å². The fraction of sp³-hybridized carbons (Fsp3) is 0.429. The van der Waals surface area contributed by atoms with E-state index >= 15 is 0 Å². The van der Waals surface area contributed by atoms with E-state index in [1.54, 1.807) is 11.3 Å². The third-order valence-corrected chi connectivity index (χ3v) is 3.51. The smallest absolute Gasteiger partial charge is 0.147 e. The molecule has 0 saturated heterocycles. The van der Waals surface area contributed by atoms with E-state index in [0.29, 0.717) is 0 Å². The molecule has 0 radical (unpaired) electrons. The molecule has 1 aromatic carbocycles. The normalized spacial score (nSPS) is 11.8. The van der Waals surface area contributed by atoms with Crippen LogP contribution < -0.4 is 5.32 Å². The monoisotopic (exact) mass is 261 g/mol. The molecule has 0 bridgehead atoms. The molecule has 0 aliphatic carbocycles. The van der Waals surface area contributed by atoms with E-state index in [-0.39, 0.29) is 5.54 Å². The van der Waals surface area contributed by atoms with Gasteiger partial charge in [0, 0.05) is 11.1 Å². The molecule has 4 heteroatoms. The molecule has 0 fully saturated rings. The highest BCUT2D eigenvalue weighted by Crippen LogP contribution is 2.23. The van der Waals surface area contributed by atoms with Gasteiger partial charge in [0.2, 0.25) is 0 Å². The predicted octanol–water partition coefficient (Wildman–Crippen LogP) is 3.40. The van der Waals surface area contributed by atoms with Crippen molar-refractivity contribution < 1.29 is 0 Å². The van der Waals surface area contributed by atoms with Gasteiger partial charge in [-0.3, -0.25) is 0 Å². The first-order chi connectivity index (χ1) is 8.44. The van der Waals surface area contributed by atoms with Crippen LogP contribution in [0.2, 0.25) is 0 Å². The van der Waals surface area contributed by atoms with Gasteiger partial charge < -0.3 is 5.32 Å². The quantitative estimate of drug-likeness (QED) is 0.920. The summed E-state index contributed by atoms with van der Waals surface area (Å²) in [7, 11) is 0. The second-order valence-electron chi connectivity index (χ2n) is 5.47. The van der Waals surface area contributed by atoms with Gasteiger partial charge >= 0.3 is 0 Å². The average Bonchev–Trinajstić information content (AvgIpc) is 2.75. The van der Waals surface area contributed by atoms with Crippen molar-refractivity contribution in [1.82, 2.24) is 15.5 Å². The van der Waals surface area contributed by atoms with Gasteiger partial charge in [0.1, 0.15) is 10.0 Å². The Kier molecular flexibility index (Phi) is 3.78. The summed E-state index contributed by atoms with van der Waals surface area (Å²) in [5.41, 5.74) is 2.51. The van der Waals surface area contributed by atoms with Crippen LogP contribution >= 0.6 is 11.3 Å². The summed E-state index contributed by atoms with van der Waals surface area (Å²) in [6, 6.07) is 8.39. The molecule has 0 unspecified atom stereocenters. The van der Waals surface area contributed by atoms with E-state index in [0.717, 1.165) is 22.1 Å². The van der Waals surface area contributed by atoms with Crippen molar-refractivity contribution in [2.45, 2.75) is 39.8 Å². The minimum absolute atomic E-state index is 0.107. The Morgan fingerprint density at radius 3 is 2.39 bits per heavy atom. The van der Waals surface area contributed by atoms with Crippen molar-refractivity contribution in [3.05, 3.63) is 34.8 Å². The fourth-order valence-corrected chi connectivity index (χ4v) is 2.26. The predicted molar refractivity (Wildman–Crippen MR) is 76.7 cm³/mol. The van der Waals surface area contributed by atoms with Crippen LogP contribution in [0.15, 0.2) is 24.3 Å². The van der Waals surface area contributed by atoms with Crippen molar-refractivity contribution >= 4 is 11.3 Å². The van der Waals surface area contributed by atoms with Crippen molar-refractivity contribution in [2.24, 2.45) is 0 Å². The second-order valence-corrected chi connectivity index (χ2v) is 6.53. The Balaban J connectivity index is 2.08. The van der Waals surface area contributed by atoms with Crippen LogP contribution in [0.4, 0.5) is 0 Å². The number of nitrogens with zero attached hydrogens (tertiary/aromatic N) is 2. The maximum atomic E-state index is 4.25. The van der Waals surface area contributed by atoms with E-state index in [1.165, 1.54) is 5.56 Å². The maximum absolute atomic E-state index is 4.25. The Labute approximate surface area is 112 Å². The van der Waals surface area contributed by atoms with E-state index in [4.69, 9.17) is 0 Å². The molecule has 0 aliphatic rings. The molecule has 0 spiro atoms. The molecule has 1 N–H and O–H groups in total. The molecule has 2 aromatic rings. The van der Waals surface area contributed by atoms with Crippen molar-refractivity contribution in [1.29, 1.82) is 0 Å². The summed E-state index contributed by atoms with van der Waals surface area (Å²) in [5, 5.41) is 13.9. The van der Waals surface area contributed by atoms with Crippen LogP contribution in [0.5, 0.6) is 0 Å². The van der Waals surface area contributed by atoms with Crippen LogP contribution in [-0.4, -0.2) is 15.7 Å². The molecule has 0 atom stereocenters. The topological polar surface area (TPSA) is 37.8 Å². The summed E-state index contributed by atoms with van der Waals surface area (Å²) >= 11 is 1.65. The molecule has 18 heavy (non-hydrogen) atoms.